The fourth-order valence-corrected chi connectivity index (χ4v) is 2.06. The highest BCUT2D eigenvalue weighted by Crippen LogP contribution is 2.24. The van der Waals surface area contributed by atoms with Crippen LogP contribution in [-0.2, 0) is 0 Å². The van der Waals surface area contributed by atoms with Crippen LogP contribution in [0.1, 0.15) is 16.1 Å². The third-order valence-corrected chi connectivity index (χ3v) is 2.73. The monoisotopic (exact) mass is 165 g/mol. The van der Waals surface area contributed by atoms with Gasteiger partial charge in [0.25, 0.3) is 0 Å². The van der Waals surface area contributed by atoms with Crippen LogP contribution in [0.15, 0.2) is 11.4 Å². The van der Waals surface area contributed by atoms with Crippen LogP contribution in [0.3, 0.4) is 0 Å². The Bertz CT molecular complexity index is 399. The number of carbonyl (C=O) groups is 1. The van der Waals surface area contributed by atoms with Crippen LogP contribution in [0, 0.1) is 6.92 Å². The predicted molar refractivity (Wildman–Crippen MR) is 46.3 cm³/mol. The summed E-state index contributed by atoms with van der Waals surface area (Å²) in [6.45, 7) is 2.03. The average Bonchev–Trinajstić information content (AvgIpc) is 2.53. The van der Waals surface area contributed by atoms with Gasteiger partial charge in [-0.3, -0.25) is 4.79 Å². The SMILES string of the molecule is Cc1csc2cc(C=O)[nH]c12. The van der Waals surface area contributed by atoms with Gasteiger partial charge in [-0.25, -0.2) is 0 Å². The van der Waals surface area contributed by atoms with E-state index < -0.39 is 0 Å². The van der Waals surface area contributed by atoms with Crippen LogP contribution in [0.4, 0.5) is 0 Å². The van der Waals surface area contributed by atoms with E-state index in [0.717, 1.165) is 16.5 Å². The van der Waals surface area contributed by atoms with Crippen LogP contribution >= 0.6 is 11.3 Å². The molecule has 11 heavy (non-hydrogen) atoms. The molecule has 0 radical (unpaired) electrons. The van der Waals surface area contributed by atoms with E-state index >= 15 is 0 Å². The van der Waals surface area contributed by atoms with Crippen LogP contribution in [0.25, 0.3) is 10.2 Å². The molecule has 0 spiro atoms. The smallest absolute Gasteiger partial charge is 0.166 e. The highest BCUT2D eigenvalue weighted by Gasteiger charge is 2.03. The molecule has 0 atom stereocenters. The van der Waals surface area contributed by atoms with Crippen molar-refractivity contribution in [1.29, 1.82) is 0 Å². The normalized spacial score (nSPS) is 10.6. The molecule has 0 aliphatic carbocycles. The van der Waals surface area contributed by atoms with Crippen molar-refractivity contribution in [3.05, 3.63) is 22.7 Å². The number of rotatable bonds is 1. The van der Waals surface area contributed by atoms with Gasteiger partial charge in [0.05, 0.1) is 15.9 Å². The summed E-state index contributed by atoms with van der Waals surface area (Å²) >= 11 is 1.66. The Hall–Kier alpha value is -1.09. The lowest BCUT2D eigenvalue weighted by Gasteiger charge is -1.81. The van der Waals surface area contributed by atoms with Crippen molar-refractivity contribution < 1.29 is 4.79 Å². The first-order chi connectivity index (χ1) is 5.31. The molecular weight excluding hydrogens is 158 g/mol. The lowest BCUT2D eigenvalue weighted by atomic mass is 10.3. The fourth-order valence-electron chi connectivity index (χ4n) is 1.12. The largest absolute Gasteiger partial charge is 0.351 e. The van der Waals surface area contributed by atoms with E-state index in [1.54, 1.807) is 11.3 Å². The predicted octanol–water partition coefficient (Wildman–Crippen LogP) is 2.35. The van der Waals surface area contributed by atoms with Crippen LogP contribution in [0.5, 0.6) is 0 Å². The molecule has 0 saturated heterocycles. The number of aryl methyl sites for hydroxylation is 1. The quantitative estimate of drug-likeness (QED) is 0.646. The molecule has 2 rings (SSSR count). The van der Waals surface area contributed by atoms with Crippen molar-refractivity contribution in [2.45, 2.75) is 6.92 Å². The summed E-state index contributed by atoms with van der Waals surface area (Å²) in [4.78, 5) is 13.4. The Morgan fingerprint density at radius 3 is 3.09 bits per heavy atom. The zero-order valence-corrected chi connectivity index (χ0v) is 6.87. The van der Waals surface area contributed by atoms with Gasteiger partial charge < -0.3 is 4.98 Å². The molecule has 0 unspecified atom stereocenters. The van der Waals surface area contributed by atoms with Crippen LogP contribution in [-0.4, -0.2) is 11.3 Å². The van der Waals surface area contributed by atoms with Crippen molar-refractivity contribution in [2.75, 3.05) is 0 Å². The maximum Gasteiger partial charge on any atom is 0.166 e. The van der Waals surface area contributed by atoms with Crippen molar-refractivity contribution >= 4 is 27.8 Å². The molecule has 0 bridgehead atoms. The van der Waals surface area contributed by atoms with E-state index in [1.807, 2.05) is 13.0 Å². The van der Waals surface area contributed by atoms with Crippen molar-refractivity contribution in [1.82, 2.24) is 4.98 Å². The minimum atomic E-state index is 0.662. The molecule has 2 nitrogen and oxygen atoms in total. The second-order valence-electron chi connectivity index (χ2n) is 2.50. The summed E-state index contributed by atoms with van der Waals surface area (Å²) in [5.41, 5.74) is 2.96. The minimum absolute atomic E-state index is 0.662. The molecule has 1 N–H and O–H groups in total. The molecule has 3 heteroatoms. The summed E-state index contributed by atoms with van der Waals surface area (Å²) in [5.74, 6) is 0. The number of carbonyl (C=O) groups excluding carboxylic acids is 1. The summed E-state index contributed by atoms with van der Waals surface area (Å²) in [5, 5.41) is 2.08. The van der Waals surface area contributed by atoms with Crippen molar-refractivity contribution in [3.63, 3.8) is 0 Å². The number of nitrogens with one attached hydrogen (secondary N) is 1. The third-order valence-electron chi connectivity index (χ3n) is 1.69. The summed E-state index contributed by atoms with van der Waals surface area (Å²) in [6.07, 6.45) is 0.839. The lowest BCUT2D eigenvalue weighted by molar-refractivity contribution is 0.112. The van der Waals surface area contributed by atoms with Gasteiger partial charge in [-0.1, -0.05) is 0 Å². The Morgan fingerprint density at radius 2 is 2.45 bits per heavy atom. The first kappa shape index (κ1) is 6.61. The number of H-pyrrole nitrogens is 1. The van der Waals surface area contributed by atoms with Crippen LogP contribution < -0.4 is 0 Å². The average molecular weight is 165 g/mol. The highest BCUT2D eigenvalue weighted by atomic mass is 32.1. The second-order valence-corrected chi connectivity index (χ2v) is 3.41. The van der Waals surface area contributed by atoms with Gasteiger partial charge in [0.2, 0.25) is 0 Å². The maximum absolute atomic E-state index is 10.4. The van der Waals surface area contributed by atoms with Crippen molar-refractivity contribution in [2.24, 2.45) is 0 Å². The second kappa shape index (κ2) is 2.20. The van der Waals surface area contributed by atoms with Crippen molar-refractivity contribution in [3.8, 4) is 0 Å². The number of thiophene rings is 1. The molecule has 2 aromatic heterocycles. The van der Waals surface area contributed by atoms with E-state index in [1.165, 1.54) is 5.56 Å². The highest BCUT2D eigenvalue weighted by molar-refractivity contribution is 7.17. The molecule has 0 aromatic carbocycles. The molecule has 0 aliphatic heterocycles. The van der Waals surface area contributed by atoms with Gasteiger partial charge in [-0.2, -0.15) is 0 Å². The number of fused-ring (bicyclic) bond motifs is 1. The van der Waals surface area contributed by atoms with Gasteiger partial charge in [0.1, 0.15) is 0 Å². The van der Waals surface area contributed by atoms with E-state index in [2.05, 4.69) is 10.4 Å². The van der Waals surface area contributed by atoms with E-state index in [4.69, 9.17) is 0 Å². The Kier molecular flexibility index (Phi) is 1.32. The van der Waals surface area contributed by atoms with Gasteiger partial charge >= 0.3 is 0 Å². The lowest BCUT2D eigenvalue weighted by Crippen LogP contribution is -1.75. The Balaban J connectivity index is 2.79. The molecule has 2 heterocycles. The topological polar surface area (TPSA) is 32.9 Å². The summed E-state index contributed by atoms with van der Waals surface area (Å²) < 4.78 is 1.16. The van der Waals surface area contributed by atoms with Gasteiger partial charge in [0, 0.05) is 0 Å². The fraction of sp³-hybridized carbons (Fsp3) is 0.125. The molecule has 0 fully saturated rings. The number of hydrogen-bond acceptors (Lipinski definition) is 2. The first-order valence-electron chi connectivity index (χ1n) is 3.33. The van der Waals surface area contributed by atoms with Gasteiger partial charge in [-0.05, 0) is 23.9 Å². The van der Waals surface area contributed by atoms with Gasteiger partial charge in [-0.15, -0.1) is 11.3 Å². The molecular formula is C8H7NOS. The van der Waals surface area contributed by atoms with Crippen LogP contribution in [0.2, 0.25) is 0 Å². The number of aldehydes is 1. The Labute approximate surface area is 67.9 Å². The molecule has 2 aromatic rings. The third kappa shape index (κ3) is 0.886. The molecule has 0 aliphatic rings. The Morgan fingerprint density at radius 1 is 1.64 bits per heavy atom. The van der Waals surface area contributed by atoms with E-state index in [0.29, 0.717) is 5.69 Å². The maximum atomic E-state index is 10.4. The standard InChI is InChI=1S/C8H7NOS/c1-5-4-11-7-2-6(3-10)9-8(5)7/h2-4,9H,1H3. The van der Waals surface area contributed by atoms with E-state index in [9.17, 15) is 4.79 Å². The molecule has 0 amide bonds. The minimum Gasteiger partial charge on any atom is -0.351 e. The molecule has 0 saturated carbocycles. The zero-order valence-electron chi connectivity index (χ0n) is 6.05. The number of aromatic nitrogens is 1. The summed E-state index contributed by atoms with van der Waals surface area (Å²) in [7, 11) is 0. The zero-order chi connectivity index (χ0) is 7.84. The number of hydrogen-bond donors (Lipinski definition) is 1. The number of aromatic amines is 1. The first-order valence-corrected chi connectivity index (χ1v) is 4.21. The van der Waals surface area contributed by atoms with E-state index in [-0.39, 0.29) is 0 Å². The van der Waals surface area contributed by atoms with Gasteiger partial charge in [0.15, 0.2) is 6.29 Å². The molecule has 56 valence electrons. The summed E-state index contributed by atoms with van der Waals surface area (Å²) in [6, 6.07) is 1.88.